The Morgan fingerprint density at radius 2 is 2.12 bits per heavy atom. The molecule has 1 aromatic heterocycles. The van der Waals surface area contributed by atoms with Gasteiger partial charge in [0, 0.05) is 41.3 Å². The van der Waals surface area contributed by atoms with Gasteiger partial charge < -0.3 is 9.64 Å². The summed E-state index contributed by atoms with van der Waals surface area (Å²) in [6.07, 6.45) is 5.65. The molecule has 0 aliphatic carbocycles. The molecule has 1 unspecified atom stereocenters. The third-order valence-corrected chi connectivity index (χ3v) is 4.76. The second-order valence-electron chi connectivity index (χ2n) is 7.36. The Hall–Kier alpha value is -1.62. The molecule has 5 heteroatoms. The van der Waals surface area contributed by atoms with Gasteiger partial charge in [-0.1, -0.05) is 22.0 Å². The van der Waals surface area contributed by atoms with Gasteiger partial charge in [-0.25, -0.2) is 4.79 Å². The highest BCUT2D eigenvalue weighted by molar-refractivity contribution is 9.10. The molecule has 2 heterocycles. The van der Waals surface area contributed by atoms with Crippen LogP contribution in [0.25, 0.3) is 10.8 Å². The molecule has 1 saturated heterocycles. The molecular formula is C19H23BrN2O2. The van der Waals surface area contributed by atoms with E-state index in [2.05, 4.69) is 33.0 Å². The van der Waals surface area contributed by atoms with Gasteiger partial charge in [0.25, 0.3) is 0 Å². The number of ether oxygens (including phenoxy) is 1. The third kappa shape index (κ3) is 3.89. The normalized spacial score (nSPS) is 18.7. The number of carbonyl (C=O) groups is 1. The predicted octanol–water partition coefficient (Wildman–Crippen LogP) is 5.11. The molecule has 1 aliphatic rings. The molecule has 1 aromatic carbocycles. The number of pyridine rings is 1. The van der Waals surface area contributed by atoms with Crippen LogP contribution in [0.2, 0.25) is 0 Å². The van der Waals surface area contributed by atoms with Crippen LogP contribution < -0.4 is 0 Å². The summed E-state index contributed by atoms with van der Waals surface area (Å²) in [7, 11) is 0. The average molecular weight is 391 g/mol. The number of aromatic nitrogens is 1. The molecule has 2 aromatic rings. The quantitative estimate of drug-likeness (QED) is 0.678. The number of piperidine rings is 1. The Morgan fingerprint density at radius 1 is 1.33 bits per heavy atom. The van der Waals surface area contributed by atoms with Gasteiger partial charge in [0.05, 0.1) is 0 Å². The van der Waals surface area contributed by atoms with E-state index in [1.807, 2.05) is 44.1 Å². The standard InChI is InChI=1S/C19H23BrN2O2/c1-19(2,3)24-18(23)22-8-4-5-14(12-22)17-11-21-10-13-6-7-15(20)9-16(13)17/h6-7,9-11,14H,4-5,8,12H2,1-3H3. The Kier molecular flexibility index (Phi) is 4.81. The molecule has 0 spiro atoms. The molecule has 0 bridgehead atoms. The lowest BCUT2D eigenvalue weighted by molar-refractivity contribution is 0.0198. The first-order valence-electron chi connectivity index (χ1n) is 8.34. The highest BCUT2D eigenvalue weighted by atomic mass is 79.9. The van der Waals surface area contributed by atoms with E-state index < -0.39 is 5.60 Å². The fourth-order valence-corrected chi connectivity index (χ4v) is 3.57. The van der Waals surface area contributed by atoms with Crippen LogP contribution in [0.5, 0.6) is 0 Å². The van der Waals surface area contributed by atoms with E-state index >= 15 is 0 Å². The zero-order valence-electron chi connectivity index (χ0n) is 14.4. The minimum atomic E-state index is -0.462. The van der Waals surface area contributed by atoms with Crippen molar-refractivity contribution in [3.63, 3.8) is 0 Å². The number of amides is 1. The smallest absolute Gasteiger partial charge is 0.410 e. The van der Waals surface area contributed by atoms with Gasteiger partial charge in [-0.2, -0.15) is 0 Å². The second-order valence-corrected chi connectivity index (χ2v) is 8.28. The van der Waals surface area contributed by atoms with Crippen molar-refractivity contribution in [2.45, 2.75) is 45.1 Å². The fourth-order valence-electron chi connectivity index (χ4n) is 3.21. The molecular weight excluding hydrogens is 368 g/mol. The molecule has 4 nitrogen and oxygen atoms in total. The lowest BCUT2D eigenvalue weighted by Gasteiger charge is -2.34. The number of fused-ring (bicyclic) bond motifs is 1. The van der Waals surface area contributed by atoms with E-state index in [-0.39, 0.29) is 12.0 Å². The Morgan fingerprint density at radius 3 is 2.88 bits per heavy atom. The van der Waals surface area contributed by atoms with Gasteiger partial charge in [-0.3, -0.25) is 4.98 Å². The Balaban J connectivity index is 1.85. The molecule has 3 rings (SSSR count). The van der Waals surface area contributed by atoms with E-state index in [1.54, 1.807) is 0 Å². The maximum atomic E-state index is 12.4. The highest BCUT2D eigenvalue weighted by Gasteiger charge is 2.29. The first-order chi connectivity index (χ1) is 11.3. The van der Waals surface area contributed by atoms with Gasteiger partial charge in [0.15, 0.2) is 0 Å². The van der Waals surface area contributed by atoms with E-state index in [1.165, 1.54) is 10.9 Å². The number of benzene rings is 1. The van der Waals surface area contributed by atoms with Crippen molar-refractivity contribution in [3.05, 3.63) is 40.6 Å². The van der Waals surface area contributed by atoms with Crippen LogP contribution in [0.3, 0.4) is 0 Å². The summed E-state index contributed by atoms with van der Waals surface area (Å²) in [5, 5.41) is 2.33. The molecule has 0 saturated carbocycles. The van der Waals surface area contributed by atoms with Crippen LogP contribution in [0.1, 0.15) is 45.1 Å². The summed E-state index contributed by atoms with van der Waals surface area (Å²) >= 11 is 3.55. The lowest BCUT2D eigenvalue weighted by atomic mass is 9.89. The predicted molar refractivity (Wildman–Crippen MR) is 99.2 cm³/mol. The summed E-state index contributed by atoms with van der Waals surface area (Å²) in [6, 6.07) is 6.24. The maximum absolute atomic E-state index is 12.4. The Bertz CT molecular complexity index is 755. The van der Waals surface area contributed by atoms with E-state index in [4.69, 9.17) is 4.74 Å². The molecule has 1 aliphatic heterocycles. The zero-order valence-corrected chi connectivity index (χ0v) is 16.0. The van der Waals surface area contributed by atoms with Crippen LogP contribution in [-0.2, 0) is 4.74 Å². The molecule has 1 fully saturated rings. The maximum Gasteiger partial charge on any atom is 0.410 e. The highest BCUT2D eigenvalue weighted by Crippen LogP contribution is 2.33. The number of carbonyl (C=O) groups excluding carboxylic acids is 1. The van der Waals surface area contributed by atoms with Crippen molar-refractivity contribution in [3.8, 4) is 0 Å². The number of halogens is 1. The summed E-state index contributed by atoms with van der Waals surface area (Å²) in [6.45, 7) is 7.14. The van der Waals surface area contributed by atoms with Crippen molar-refractivity contribution in [2.24, 2.45) is 0 Å². The average Bonchev–Trinajstić information content (AvgIpc) is 2.53. The molecule has 128 valence electrons. The third-order valence-electron chi connectivity index (χ3n) is 4.27. The van der Waals surface area contributed by atoms with Gasteiger partial charge in [-0.05, 0) is 56.7 Å². The summed E-state index contributed by atoms with van der Waals surface area (Å²) in [4.78, 5) is 18.6. The van der Waals surface area contributed by atoms with Crippen LogP contribution in [-0.4, -0.2) is 34.7 Å². The van der Waals surface area contributed by atoms with Gasteiger partial charge in [0.1, 0.15) is 5.60 Å². The van der Waals surface area contributed by atoms with E-state index in [9.17, 15) is 4.79 Å². The van der Waals surface area contributed by atoms with Crippen molar-refractivity contribution in [1.29, 1.82) is 0 Å². The Labute approximate surface area is 151 Å². The number of nitrogens with zero attached hydrogens (tertiary/aromatic N) is 2. The summed E-state index contributed by atoms with van der Waals surface area (Å²) in [5.41, 5.74) is 0.748. The molecule has 0 radical (unpaired) electrons. The van der Waals surface area contributed by atoms with Gasteiger partial charge >= 0.3 is 6.09 Å². The van der Waals surface area contributed by atoms with Crippen LogP contribution in [0.4, 0.5) is 4.79 Å². The van der Waals surface area contributed by atoms with Crippen LogP contribution in [0.15, 0.2) is 35.1 Å². The van der Waals surface area contributed by atoms with E-state index in [0.717, 1.165) is 29.2 Å². The zero-order chi connectivity index (χ0) is 17.3. The molecule has 1 atom stereocenters. The topological polar surface area (TPSA) is 42.4 Å². The number of hydrogen-bond acceptors (Lipinski definition) is 3. The lowest BCUT2D eigenvalue weighted by Crippen LogP contribution is -2.42. The van der Waals surface area contributed by atoms with Gasteiger partial charge in [-0.15, -0.1) is 0 Å². The first kappa shape index (κ1) is 17.2. The number of likely N-dealkylation sites (tertiary alicyclic amines) is 1. The van der Waals surface area contributed by atoms with Crippen molar-refractivity contribution >= 4 is 32.8 Å². The van der Waals surface area contributed by atoms with Crippen LogP contribution in [0, 0.1) is 0 Å². The molecule has 1 amide bonds. The fraction of sp³-hybridized carbons (Fsp3) is 0.474. The second kappa shape index (κ2) is 6.71. The SMILES string of the molecule is CC(C)(C)OC(=O)N1CCCC(c2cncc3ccc(Br)cc23)C1. The summed E-state index contributed by atoms with van der Waals surface area (Å²) in [5.74, 6) is 0.289. The number of hydrogen-bond donors (Lipinski definition) is 0. The first-order valence-corrected chi connectivity index (χ1v) is 9.14. The largest absolute Gasteiger partial charge is 0.444 e. The van der Waals surface area contributed by atoms with Gasteiger partial charge in [0.2, 0.25) is 0 Å². The number of rotatable bonds is 1. The van der Waals surface area contributed by atoms with E-state index in [0.29, 0.717) is 6.54 Å². The monoisotopic (exact) mass is 390 g/mol. The molecule has 0 N–H and O–H groups in total. The minimum Gasteiger partial charge on any atom is -0.444 e. The minimum absolute atomic E-state index is 0.221. The molecule has 24 heavy (non-hydrogen) atoms. The van der Waals surface area contributed by atoms with Crippen molar-refractivity contribution in [1.82, 2.24) is 9.88 Å². The van der Waals surface area contributed by atoms with Crippen molar-refractivity contribution in [2.75, 3.05) is 13.1 Å². The summed E-state index contributed by atoms with van der Waals surface area (Å²) < 4.78 is 6.59. The van der Waals surface area contributed by atoms with Crippen molar-refractivity contribution < 1.29 is 9.53 Å². The van der Waals surface area contributed by atoms with Crippen LogP contribution >= 0.6 is 15.9 Å².